The molecule has 102 valence electrons. The number of pyridine rings is 1. The smallest absolute Gasteiger partial charge is 0.351 e. The maximum absolute atomic E-state index is 11.2. The first kappa shape index (κ1) is 13.8. The molecule has 2 aromatic rings. The van der Waals surface area contributed by atoms with Crippen molar-refractivity contribution in [2.24, 2.45) is 0 Å². The minimum atomic E-state index is -0.396. The zero-order valence-electron chi connectivity index (χ0n) is 10.5. The summed E-state index contributed by atoms with van der Waals surface area (Å²) in [7, 11) is 0. The van der Waals surface area contributed by atoms with Crippen molar-refractivity contribution in [3.05, 3.63) is 40.2 Å². The van der Waals surface area contributed by atoms with Crippen LogP contribution in [0.3, 0.4) is 0 Å². The number of nitro groups is 1. The van der Waals surface area contributed by atoms with E-state index in [4.69, 9.17) is 5.11 Å². The minimum Gasteiger partial charge on any atom is -0.396 e. The second-order valence-corrected chi connectivity index (χ2v) is 5.63. The Labute approximate surface area is 114 Å². The highest BCUT2D eigenvalue weighted by molar-refractivity contribution is 7.99. The molecule has 0 spiro atoms. The number of fused-ring (bicyclic) bond motifs is 1. The van der Waals surface area contributed by atoms with Crippen LogP contribution in [0.2, 0.25) is 0 Å². The van der Waals surface area contributed by atoms with E-state index >= 15 is 0 Å². The topological polar surface area (TPSA) is 80.7 Å². The third-order valence-corrected chi connectivity index (χ3v) is 4.03. The molecule has 7 heteroatoms. The Hall–Kier alpha value is -1.60. The maximum Gasteiger partial charge on any atom is 0.351 e. The van der Waals surface area contributed by atoms with Gasteiger partial charge in [0.05, 0.1) is 6.20 Å². The minimum absolute atomic E-state index is 0.0271. The second kappa shape index (κ2) is 6.03. The summed E-state index contributed by atoms with van der Waals surface area (Å²) < 4.78 is 1.49. The van der Waals surface area contributed by atoms with Gasteiger partial charge in [0.2, 0.25) is 5.65 Å². The van der Waals surface area contributed by atoms with Crippen LogP contribution in [0, 0.1) is 10.1 Å². The van der Waals surface area contributed by atoms with Gasteiger partial charge in [-0.15, -0.1) is 0 Å². The first-order chi connectivity index (χ1) is 9.13. The lowest BCUT2D eigenvalue weighted by Gasteiger charge is -2.07. The second-order valence-electron chi connectivity index (χ2n) is 4.20. The van der Waals surface area contributed by atoms with E-state index in [9.17, 15) is 10.1 Å². The Balaban J connectivity index is 2.27. The number of nitrogens with zero attached hydrogens (tertiary/aromatic N) is 3. The fraction of sp³-hybridized carbons (Fsp3) is 0.417. The quantitative estimate of drug-likeness (QED) is 0.648. The highest BCUT2D eigenvalue weighted by Crippen LogP contribution is 2.27. The van der Waals surface area contributed by atoms with Crippen LogP contribution in [0.1, 0.15) is 19.0 Å². The molecule has 6 nitrogen and oxygen atoms in total. The Morgan fingerprint density at radius 1 is 1.58 bits per heavy atom. The normalized spacial score (nSPS) is 12.7. The van der Waals surface area contributed by atoms with Crippen LogP contribution in [0.25, 0.3) is 5.65 Å². The van der Waals surface area contributed by atoms with Crippen LogP contribution >= 0.6 is 11.8 Å². The summed E-state index contributed by atoms with van der Waals surface area (Å²) in [4.78, 5) is 15.1. The van der Waals surface area contributed by atoms with Gasteiger partial charge in [0, 0.05) is 23.7 Å². The van der Waals surface area contributed by atoms with Gasteiger partial charge in [-0.1, -0.05) is 13.0 Å². The molecule has 2 rings (SSSR count). The lowest BCUT2D eigenvalue weighted by atomic mass is 10.3. The molecule has 0 aliphatic heterocycles. The number of aromatic nitrogens is 2. The third-order valence-electron chi connectivity index (χ3n) is 2.79. The van der Waals surface area contributed by atoms with Crippen LogP contribution in [-0.4, -0.2) is 31.3 Å². The molecule has 0 aliphatic rings. The molecule has 0 amide bonds. The van der Waals surface area contributed by atoms with Crippen molar-refractivity contribution in [3.63, 3.8) is 0 Å². The number of hydrogen-bond donors (Lipinski definition) is 1. The summed E-state index contributed by atoms with van der Waals surface area (Å²) in [5.41, 5.74) is 1.06. The molecule has 0 saturated carbocycles. The van der Waals surface area contributed by atoms with Crippen LogP contribution < -0.4 is 0 Å². The van der Waals surface area contributed by atoms with E-state index in [1.807, 2.05) is 6.92 Å². The Morgan fingerprint density at radius 3 is 3.05 bits per heavy atom. The van der Waals surface area contributed by atoms with Gasteiger partial charge in [-0.3, -0.25) is 0 Å². The molecule has 19 heavy (non-hydrogen) atoms. The van der Waals surface area contributed by atoms with E-state index in [0.29, 0.717) is 23.5 Å². The predicted octanol–water partition coefficient (Wildman–Crippen LogP) is 2.25. The largest absolute Gasteiger partial charge is 0.396 e. The SMILES string of the molecule is CC(CCO)SCc1nc2ccccn2c1[N+](=O)[O-]. The number of hydrogen-bond acceptors (Lipinski definition) is 5. The molecule has 0 saturated heterocycles. The van der Waals surface area contributed by atoms with Crippen molar-refractivity contribution in [3.8, 4) is 0 Å². The average molecular weight is 281 g/mol. The van der Waals surface area contributed by atoms with Crippen molar-refractivity contribution < 1.29 is 10.0 Å². The average Bonchev–Trinajstić information content (AvgIpc) is 2.75. The van der Waals surface area contributed by atoms with Crippen molar-refractivity contribution >= 4 is 23.2 Å². The number of aliphatic hydroxyl groups is 1. The fourth-order valence-corrected chi connectivity index (χ4v) is 2.72. The van der Waals surface area contributed by atoms with E-state index in [0.717, 1.165) is 0 Å². The maximum atomic E-state index is 11.2. The van der Waals surface area contributed by atoms with Crippen molar-refractivity contribution in [2.75, 3.05) is 6.61 Å². The van der Waals surface area contributed by atoms with Gasteiger partial charge in [-0.05, 0) is 17.4 Å². The van der Waals surface area contributed by atoms with Gasteiger partial charge in [-0.25, -0.2) is 4.98 Å². The Kier molecular flexibility index (Phi) is 4.39. The zero-order valence-corrected chi connectivity index (χ0v) is 11.3. The van der Waals surface area contributed by atoms with Crippen LogP contribution in [-0.2, 0) is 5.75 Å². The number of thioether (sulfide) groups is 1. The third kappa shape index (κ3) is 3.05. The predicted molar refractivity (Wildman–Crippen MR) is 74.3 cm³/mol. The van der Waals surface area contributed by atoms with Crippen molar-refractivity contribution in [2.45, 2.75) is 24.3 Å². The standard InChI is InChI=1S/C12H15N3O3S/c1-9(5-7-16)19-8-10-12(15(17)18)14-6-3-2-4-11(14)13-10/h2-4,6,9,16H,5,7-8H2,1H3. The number of imidazole rings is 1. The molecule has 0 aromatic carbocycles. The van der Waals surface area contributed by atoms with E-state index in [2.05, 4.69) is 4.98 Å². The molecular weight excluding hydrogens is 266 g/mol. The van der Waals surface area contributed by atoms with Crippen LogP contribution in [0.4, 0.5) is 5.82 Å². The summed E-state index contributed by atoms with van der Waals surface area (Å²) in [5, 5.41) is 20.3. The lowest BCUT2D eigenvalue weighted by Crippen LogP contribution is -2.01. The fourth-order valence-electron chi connectivity index (χ4n) is 1.81. The molecule has 2 heterocycles. The van der Waals surface area contributed by atoms with Gasteiger partial charge >= 0.3 is 5.82 Å². The van der Waals surface area contributed by atoms with Gasteiger partial charge < -0.3 is 15.2 Å². The Bertz CT molecular complexity index is 585. The van der Waals surface area contributed by atoms with Crippen LogP contribution in [0.5, 0.6) is 0 Å². The molecule has 0 bridgehead atoms. The Morgan fingerprint density at radius 2 is 2.37 bits per heavy atom. The molecule has 2 aromatic heterocycles. The lowest BCUT2D eigenvalue weighted by molar-refractivity contribution is -0.391. The summed E-state index contributed by atoms with van der Waals surface area (Å²) in [5.74, 6) is 0.499. The molecule has 1 atom stereocenters. The molecule has 0 fully saturated rings. The monoisotopic (exact) mass is 281 g/mol. The highest BCUT2D eigenvalue weighted by Gasteiger charge is 2.22. The van der Waals surface area contributed by atoms with Gasteiger partial charge in [0.25, 0.3) is 0 Å². The zero-order chi connectivity index (χ0) is 13.8. The summed E-state index contributed by atoms with van der Waals surface area (Å²) in [6, 6.07) is 5.29. The summed E-state index contributed by atoms with van der Waals surface area (Å²) in [6.07, 6.45) is 2.32. The van der Waals surface area contributed by atoms with Crippen LogP contribution in [0.15, 0.2) is 24.4 Å². The number of rotatable bonds is 6. The molecule has 0 radical (unpaired) electrons. The van der Waals surface area contributed by atoms with E-state index in [1.54, 1.807) is 36.2 Å². The van der Waals surface area contributed by atoms with E-state index < -0.39 is 4.92 Å². The van der Waals surface area contributed by atoms with E-state index in [-0.39, 0.29) is 17.7 Å². The number of aliphatic hydroxyl groups excluding tert-OH is 1. The van der Waals surface area contributed by atoms with Gasteiger partial charge in [-0.2, -0.15) is 16.2 Å². The first-order valence-corrected chi connectivity index (χ1v) is 7.01. The van der Waals surface area contributed by atoms with Gasteiger partial charge in [0.15, 0.2) is 0 Å². The molecule has 1 unspecified atom stereocenters. The highest BCUT2D eigenvalue weighted by atomic mass is 32.2. The van der Waals surface area contributed by atoms with Gasteiger partial charge in [0.1, 0.15) is 5.69 Å². The molecule has 1 N–H and O–H groups in total. The van der Waals surface area contributed by atoms with Crippen molar-refractivity contribution in [1.82, 2.24) is 9.38 Å². The molecular formula is C12H15N3O3S. The summed E-state index contributed by atoms with van der Waals surface area (Å²) >= 11 is 1.56. The summed E-state index contributed by atoms with van der Waals surface area (Å²) in [6.45, 7) is 2.12. The van der Waals surface area contributed by atoms with E-state index in [1.165, 1.54) is 4.40 Å². The molecule has 0 aliphatic carbocycles. The van der Waals surface area contributed by atoms with Crippen molar-refractivity contribution in [1.29, 1.82) is 0 Å². The first-order valence-electron chi connectivity index (χ1n) is 5.96.